The number of piperidine rings is 1. The SMILES string of the molecule is CON1CCCC(c2ccccc2)C1. The second-order valence-corrected chi connectivity index (χ2v) is 3.82. The smallest absolute Gasteiger partial charge is 0.0575 e. The van der Waals surface area contributed by atoms with E-state index in [0.29, 0.717) is 5.92 Å². The van der Waals surface area contributed by atoms with Crippen molar-refractivity contribution in [2.24, 2.45) is 0 Å². The third kappa shape index (κ3) is 2.14. The van der Waals surface area contributed by atoms with Gasteiger partial charge in [-0.05, 0) is 24.3 Å². The minimum atomic E-state index is 0.643. The average molecular weight is 191 g/mol. The molecule has 1 aliphatic rings. The molecule has 0 bridgehead atoms. The van der Waals surface area contributed by atoms with Gasteiger partial charge in [-0.1, -0.05) is 30.3 Å². The molecule has 1 saturated heterocycles. The van der Waals surface area contributed by atoms with Crippen LogP contribution in [0.5, 0.6) is 0 Å². The van der Waals surface area contributed by atoms with Crippen LogP contribution in [0.25, 0.3) is 0 Å². The maximum absolute atomic E-state index is 5.28. The molecule has 2 rings (SSSR count). The predicted octanol–water partition coefficient (Wildman–Crippen LogP) is 2.43. The first-order valence-corrected chi connectivity index (χ1v) is 5.24. The molecule has 0 saturated carbocycles. The van der Waals surface area contributed by atoms with Crippen molar-refractivity contribution in [1.29, 1.82) is 0 Å². The van der Waals surface area contributed by atoms with E-state index >= 15 is 0 Å². The van der Waals surface area contributed by atoms with Crippen LogP contribution in [-0.4, -0.2) is 25.3 Å². The molecule has 0 N–H and O–H groups in total. The molecule has 1 aromatic carbocycles. The molecule has 0 amide bonds. The Balaban J connectivity index is 2.04. The molecule has 0 aliphatic carbocycles. The maximum Gasteiger partial charge on any atom is 0.0575 e. The van der Waals surface area contributed by atoms with Crippen molar-refractivity contribution in [3.05, 3.63) is 35.9 Å². The summed E-state index contributed by atoms with van der Waals surface area (Å²) in [5, 5.41) is 2.06. The summed E-state index contributed by atoms with van der Waals surface area (Å²) in [6, 6.07) is 10.7. The molecule has 14 heavy (non-hydrogen) atoms. The van der Waals surface area contributed by atoms with Crippen LogP contribution in [0.4, 0.5) is 0 Å². The number of nitrogens with zero attached hydrogens (tertiary/aromatic N) is 1. The van der Waals surface area contributed by atoms with Crippen LogP contribution in [0, 0.1) is 0 Å². The lowest BCUT2D eigenvalue weighted by molar-refractivity contribution is -0.145. The third-order valence-electron chi connectivity index (χ3n) is 2.91. The Bertz CT molecular complexity index is 273. The van der Waals surface area contributed by atoms with E-state index in [1.54, 1.807) is 7.11 Å². The fraction of sp³-hybridized carbons (Fsp3) is 0.500. The standard InChI is InChI=1S/C12H17NO/c1-14-13-9-5-8-12(10-13)11-6-3-2-4-7-11/h2-4,6-7,12H,5,8-10H2,1H3. The Morgan fingerprint density at radius 1 is 1.29 bits per heavy atom. The molecule has 2 heteroatoms. The fourth-order valence-electron chi connectivity index (χ4n) is 2.11. The van der Waals surface area contributed by atoms with Crippen LogP contribution >= 0.6 is 0 Å². The zero-order valence-corrected chi connectivity index (χ0v) is 8.65. The summed E-state index contributed by atoms with van der Waals surface area (Å²) in [5.41, 5.74) is 1.44. The van der Waals surface area contributed by atoms with Gasteiger partial charge in [-0.3, -0.25) is 0 Å². The summed E-state index contributed by atoms with van der Waals surface area (Å²) in [6.45, 7) is 2.10. The summed E-state index contributed by atoms with van der Waals surface area (Å²) in [5.74, 6) is 0.643. The average Bonchev–Trinajstić information content (AvgIpc) is 2.30. The second-order valence-electron chi connectivity index (χ2n) is 3.82. The highest BCUT2D eigenvalue weighted by molar-refractivity contribution is 5.20. The van der Waals surface area contributed by atoms with Gasteiger partial charge in [0.15, 0.2) is 0 Å². The number of hydrogen-bond donors (Lipinski definition) is 0. The molecule has 1 atom stereocenters. The fourth-order valence-corrected chi connectivity index (χ4v) is 2.11. The van der Waals surface area contributed by atoms with Gasteiger partial charge in [-0.25, -0.2) is 0 Å². The van der Waals surface area contributed by atoms with Gasteiger partial charge in [0.05, 0.1) is 7.11 Å². The summed E-state index contributed by atoms with van der Waals surface area (Å²) in [7, 11) is 1.76. The normalized spacial score (nSPS) is 23.6. The topological polar surface area (TPSA) is 12.5 Å². The molecule has 1 aliphatic heterocycles. The van der Waals surface area contributed by atoms with Gasteiger partial charge in [-0.2, -0.15) is 5.06 Å². The van der Waals surface area contributed by atoms with E-state index in [4.69, 9.17) is 4.84 Å². The Labute approximate surface area is 85.4 Å². The van der Waals surface area contributed by atoms with Crippen molar-refractivity contribution in [2.45, 2.75) is 18.8 Å². The highest BCUT2D eigenvalue weighted by atomic mass is 16.7. The zero-order chi connectivity index (χ0) is 9.80. The van der Waals surface area contributed by atoms with E-state index in [1.165, 1.54) is 18.4 Å². The maximum atomic E-state index is 5.28. The molecule has 1 unspecified atom stereocenters. The van der Waals surface area contributed by atoms with Crippen LogP contribution < -0.4 is 0 Å². The first-order chi connectivity index (χ1) is 6.90. The van der Waals surface area contributed by atoms with Crippen LogP contribution in [-0.2, 0) is 4.84 Å². The van der Waals surface area contributed by atoms with Gasteiger partial charge >= 0.3 is 0 Å². The van der Waals surface area contributed by atoms with Crippen LogP contribution in [0.3, 0.4) is 0 Å². The van der Waals surface area contributed by atoms with Crippen molar-refractivity contribution in [3.8, 4) is 0 Å². The lowest BCUT2D eigenvalue weighted by Crippen LogP contribution is -2.33. The minimum absolute atomic E-state index is 0.643. The van der Waals surface area contributed by atoms with E-state index < -0.39 is 0 Å². The molecular formula is C12H17NO. The molecule has 0 spiro atoms. The summed E-state index contributed by atoms with van der Waals surface area (Å²) >= 11 is 0. The number of hydroxylamine groups is 2. The first kappa shape index (κ1) is 9.69. The second kappa shape index (κ2) is 4.58. The highest BCUT2D eigenvalue weighted by Crippen LogP contribution is 2.26. The van der Waals surface area contributed by atoms with E-state index in [0.717, 1.165) is 13.1 Å². The van der Waals surface area contributed by atoms with Crippen molar-refractivity contribution in [3.63, 3.8) is 0 Å². The summed E-state index contributed by atoms with van der Waals surface area (Å²) in [6.07, 6.45) is 2.51. The van der Waals surface area contributed by atoms with E-state index in [2.05, 4.69) is 35.4 Å². The monoisotopic (exact) mass is 191 g/mol. The Morgan fingerprint density at radius 2 is 2.07 bits per heavy atom. The Kier molecular flexibility index (Phi) is 3.17. The predicted molar refractivity (Wildman–Crippen MR) is 57.0 cm³/mol. The summed E-state index contributed by atoms with van der Waals surface area (Å²) in [4.78, 5) is 5.28. The first-order valence-electron chi connectivity index (χ1n) is 5.24. The zero-order valence-electron chi connectivity index (χ0n) is 8.65. The van der Waals surface area contributed by atoms with Crippen molar-refractivity contribution in [2.75, 3.05) is 20.2 Å². The van der Waals surface area contributed by atoms with E-state index in [1.807, 2.05) is 0 Å². The molecule has 1 heterocycles. The van der Waals surface area contributed by atoms with Gasteiger partial charge in [0.25, 0.3) is 0 Å². The third-order valence-corrected chi connectivity index (χ3v) is 2.91. The molecular weight excluding hydrogens is 174 g/mol. The molecule has 0 aromatic heterocycles. The van der Waals surface area contributed by atoms with Crippen LogP contribution in [0.2, 0.25) is 0 Å². The number of hydrogen-bond acceptors (Lipinski definition) is 2. The van der Waals surface area contributed by atoms with Gasteiger partial charge in [0.2, 0.25) is 0 Å². The van der Waals surface area contributed by atoms with Crippen LogP contribution in [0.15, 0.2) is 30.3 Å². The van der Waals surface area contributed by atoms with Crippen molar-refractivity contribution in [1.82, 2.24) is 5.06 Å². The Morgan fingerprint density at radius 3 is 2.79 bits per heavy atom. The molecule has 1 fully saturated rings. The lowest BCUT2D eigenvalue weighted by Gasteiger charge is -2.30. The molecule has 0 radical (unpaired) electrons. The van der Waals surface area contributed by atoms with E-state index in [-0.39, 0.29) is 0 Å². The number of rotatable bonds is 2. The quantitative estimate of drug-likeness (QED) is 0.712. The van der Waals surface area contributed by atoms with E-state index in [9.17, 15) is 0 Å². The minimum Gasteiger partial charge on any atom is -0.302 e. The van der Waals surface area contributed by atoms with Gasteiger partial charge in [0.1, 0.15) is 0 Å². The van der Waals surface area contributed by atoms with Crippen molar-refractivity contribution < 1.29 is 4.84 Å². The number of benzene rings is 1. The lowest BCUT2D eigenvalue weighted by atomic mass is 9.92. The Hall–Kier alpha value is -0.860. The molecule has 76 valence electrons. The molecule has 1 aromatic rings. The van der Waals surface area contributed by atoms with Gasteiger partial charge in [-0.15, -0.1) is 0 Å². The summed E-state index contributed by atoms with van der Waals surface area (Å²) < 4.78 is 0. The van der Waals surface area contributed by atoms with Crippen LogP contribution in [0.1, 0.15) is 24.3 Å². The van der Waals surface area contributed by atoms with Gasteiger partial charge < -0.3 is 4.84 Å². The molecule has 2 nitrogen and oxygen atoms in total. The van der Waals surface area contributed by atoms with Gasteiger partial charge in [0, 0.05) is 13.1 Å². The largest absolute Gasteiger partial charge is 0.302 e. The van der Waals surface area contributed by atoms with Crippen molar-refractivity contribution >= 4 is 0 Å². The highest BCUT2D eigenvalue weighted by Gasteiger charge is 2.20.